The van der Waals surface area contributed by atoms with Crippen molar-refractivity contribution in [2.45, 2.75) is 37.5 Å². The van der Waals surface area contributed by atoms with Crippen LogP contribution in [0.5, 0.6) is 0 Å². The third-order valence-electron chi connectivity index (χ3n) is 13.6. The number of fused-ring (bicyclic) bond motifs is 11. The third kappa shape index (κ3) is 5.31. The van der Waals surface area contributed by atoms with E-state index in [1.807, 2.05) is 60.7 Å². The van der Waals surface area contributed by atoms with Gasteiger partial charge in [0.25, 0.3) is 0 Å². The van der Waals surface area contributed by atoms with E-state index in [4.69, 9.17) is 23.8 Å². The molecule has 13 rings (SSSR count). The summed E-state index contributed by atoms with van der Waals surface area (Å²) >= 11 is 0. The van der Waals surface area contributed by atoms with Gasteiger partial charge in [-0.2, -0.15) is 0 Å². The fraction of sp³-hybridized carbons (Fsp3) is 0.105. The summed E-state index contributed by atoms with van der Waals surface area (Å²) in [6.07, 6.45) is 6.34. The van der Waals surface area contributed by atoms with Crippen LogP contribution in [0.25, 0.3) is 111 Å². The van der Waals surface area contributed by atoms with E-state index in [1.54, 1.807) is 0 Å². The Bertz CT molecular complexity index is 3440. The first-order chi connectivity index (χ1) is 30.7. The molecule has 0 radical (unpaired) electrons. The van der Waals surface area contributed by atoms with Crippen molar-refractivity contribution in [2.75, 3.05) is 0 Å². The summed E-state index contributed by atoms with van der Waals surface area (Å²) in [6, 6.07) is 62.3. The van der Waals surface area contributed by atoms with Gasteiger partial charge < -0.3 is 8.83 Å². The van der Waals surface area contributed by atoms with Gasteiger partial charge in [0.2, 0.25) is 0 Å². The quantitative estimate of drug-likeness (QED) is 0.174. The topological polar surface area (TPSA) is 65.0 Å². The van der Waals surface area contributed by atoms with E-state index in [9.17, 15) is 0 Å². The van der Waals surface area contributed by atoms with Crippen LogP contribution in [-0.4, -0.2) is 15.0 Å². The highest BCUT2D eigenvalue weighted by Gasteiger charge is 2.44. The average molecular weight is 798 g/mol. The Labute approximate surface area is 358 Å². The molecule has 1 fully saturated rings. The van der Waals surface area contributed by atoms with Crippen LogP contribution in [0.3, 0.4) is 0 Å². The summed E-state index contributed by atoms with van der Waals surface area (Å²) in [4.78, 5) is 15.5. The number of aromatic nitrogens is 3. The Hall–Kier alpha value is -7.63. The molecule has 1 saturated carbocycles. The highest BCUT2D eigenvalue weighted by molar-refractivity contribution is 6.10. The second kappa shape index (κ2) is 13.7. The van der Waals surface area contributed by atoms with Crippen molar-refractivity contribution < 1.29 is 8.83 Å². The lowest BCUT2D eigenvalue weighted by Gasteiger charge is -2.36. The lowest BCUT2D eigenvalue weighted by atomic mass is 9.68. The van der Waals surface area contributed by atoms with Crippen molar-refractivity contribution in [2.24, 2.45) is 0 Å². The van der Waals surface area contributed by atoms with E-state index in [-0.39, 0.29) is 5.41 Å². The number of nitrogens with zero attached hydrogens (tertiary/aromatic N) is 3. The average Bonchev–Trinajstić information content (AvgIpc) is 4.00. The summed E-state index contributed by atoms with van der Waals surface area (Å²) in [7, 11) is 0. The first-order valence-electron chi connectivity index (χ1n) is 21.7. The molecule has 2 aliphatic carbocycles. The Morgan fingerprint density at radius 3 is 1.55 bits per heavy atom. The van der Waals surface area contributed by atoms with Crippen LogP contribution in [0.1, 0.15) is 43.2 Å². The molecule has 0 bridgehead atoms. The predicted molar refractivity (Wildman–Crippen MR) is 251 cm³/mol. The number of rotatable bonds is 5. The molecule has 3 heterocycles. The second-order valence-electron chi connectivity index (χ2n) is 16.9. The summed E-state index contributed by atoms with van der Waals surface area (Å²) in [5, 5.41) is 4.15. The molecule has 0 aliphatic heterocycles. The van der Waals surface area contributed by atoms with Crippen molar-refractivity contribution in [1.82, 2.24) is 15.0 Å². The molecule has 1 spiro atoms. The maximum Gasteiger partial charge on any atom is 0.167 e. The van der Waals surface area contributed by atoms with Crippen molar-refractivity contribution in [3.05, 3.63) is 187 Å². The van der Waals surface area contributed by atoms with Crippen molar-refractivity contribution in [3.63, 3.8) is 0 Å². The van der Waals surface area contributed by atoms with E-state index in [0.717, 1.165) is 71.7 Å². The van der Waals surface area contributed by atoms with E-state index in [1.165, 1.54) is 65.5 Å². The van der Waals surface area contributed by atoms with Gasteiger partial charge in [0.1, 0.15) is 22.3 Å². The monoisotopic (exact) mass is 797 g/mol. The molecular weight excluding hydrogens is 759 g/mol. The van der Waals surface area contributed by atoms with Gasteiger partial charge in [-0.1, -0.05) is 165 Å². The minimum absolute atomic E-state index is 0.125. The summed E-state index contributed by atoms with van der Waals surface area (Å²) in [5.41, 5.74) is 16.4. The number of hydrogen-bond donors (Lipinski definition) is 0. The lowest BCUT2D eigenvalue weighted by molar-refractivity contribution is 0.353. The number of hydrogen-bond acceptors (Lipinski definition) is 5. The van der Waals surface area contributed by atoms with E-state index < -0.39 is 0 Å². The maximum absolute atomic E-state index is 6.50. The Balaban J connectivity index is 0.926. The van der Waals surface area contributed by atoms with Crippen molar-refractivity contribution >= 4 is 43.9 Å². The van der Waals surface area contributed by atoms with E-state index in [2.05, 4.69) is 115 Å². The zero-order valence-corrected chi connectivity index (χ0v) is 33.9. The van der Waals surface area contributed by atoms with Crippen LogP contribution >= 0.6 is 0 Å². The maximum atomic E-state index is 6.50. The normalized spacial score (nSPS) is 14.3. The summed E-state index contributed by atoms with van der Waals surface area (Å²) in [5.74, 6) is 1.64. The van der Waals surface area contributed by atoms with Gasteiger partial charge in [0.15, 0.2) is 17.5 Å². The van der Waals surface area contributed by atoms with Gasteiger partial charge in [0.05, 0.1) is 11.1 Å². The van der Waals surface area contributed by atoms with Gasteiger partial charge in [-0.15, -0.1) is 0 Å². The van der Waals surface area contributed by atoms with Crippen LogP contribution in [0, 0.1) is 0 Å². The van der Waals surface area contributed by atoms with Crippen LogP contribution < -0.4 is 0 Å². The van der Waals surface area contributed by atoms with E-state index >= 15 is 0 Å². The van der Waals surface area contributed by atoms with Gasteiger partial charge >= 0.3 is 0 Å². The van der Waals surface area contributed by atoms with Crippen LogP contribution in [0.15, 0.2) is 185 Å². The molecule has 11 aromatic rings. The number of benzene rings is 8. The molecule has 8 aromatic carbocycles. The first-order valence-corrected chi connectivity index (χ1v) is 21.7. The molecular formula is C57H39N3O2. The lowest BCUT2D eigenvalue weighted by Crippen LogP contribution is -2.27. The zero-order valence-electron chi connectivity index (χ0n) is 33.9. The molecule has 0 unspecified atom stereocenters. The molecule has 5 heteroatoms. The van der Waals surface area contributed by atoms with Gasteiger partial charge in [-0.25, -0.2) is 15.0 Å². The van der Waals surface area contributed by atoms with Crippen LogP contribution in [-0.2, 0) is 5.41 Å². The highest BCUT2D eigenvalue weighted by atomic mass is 16.3. The van der Waals surface area contributed by atoms with Crippen LogP contribution in [0.4, 0.5) is 0 Å². The smallest absolute Gasteiger partial charge is 0.167 e. The zero-order chi connectivity index (χ0) is 40.8. The molecule has 3 aromatic heterocycles. The largest absolute Gasteiger partial charge is 0.455 e. The number of para-hydroxylation sites is 4. The van der Waals surface area contributed by atoms with Gasteiger partial charge in [0, 0.05) is 32.5 Å². The molecule has 2 aliphatic rings. The van der Waals surface area contributed by atoms with Crippen LogP contribution in [0.2, 0.25) is 0 Å². The molecule has 5 nitrogen and oxygen atoms in total. The standard InChI is InChI=1S/C57H39N3O2/c1-8-32-57(33-9-1)47-24-5-2-18-44(47)51-39(19-13-25-48(51)57)38-15-10-14-37(34-38)35-28-30-36(31-29-35)54-58-55(45-22-11-20-42-40-16-3-6-26-49(40)61-52(42)45)60-56(59-54)46-23-12-21-43-41-17-4-7-27-50(41)62-53(43)46/h2-7,10-31,34H,1,8-9,32-33H2. The van der Waals surface area contributed by atoms with Gasteiger partial charge in [-0.3, -0.25) is 0 Å². The molecule has 0 N–H and O–H groups in total. The minimum atomic E-state index is 0.125. The molecule has 0 atom stereocenters. The Morgan fingerprint density at radius 1 is 0.355 bits per heavy atom. The van der Waals surface area contributed by atoms with Gasteiger partial charge in [-0.05, 0) is 87.7 Å². The fourth-order valence-corrected chi connectivity index (χ4v) is 10.7. The highest BCUT2D eigenvalue weighted by Crippen LogP contribution is 2.58. The first kappa shape index (κ1) is 35.2. The summed E-state index contributed by atoms with van der Waals surface area (Å²) < 4.78 is 13.0. The Kier molecular flexibility index (Phi) is 7.77. The SMILES string of the molecule is c1cc(-c2ccc(-c3nc(-c4cccc5c4oc4ccccc45)nc(-c4cccc5c4oc4ccccc45)n3)cc2)cc(-c2cccc3c2-c2ccccc2C32CCCCC2)c1. The molecule has 0 saturated heterocycles. The Morgan fingerprint density at radius 2 is 0.855 bits per heavy atom. The van der Waals surface area contributed by atoms with Crippen molar-refractivity contribution in [3.8, 4) is 67.5 Å². The van der Waals surface area contributed by atoms with E-state index in [0.29, 0.717) is 17.5 Å². The molecule has 62 heavy (non-hydrogen) atoms. The third-order valence-corrected chi connectivity index (χ3v) is 13.6. The fourth-order valence-electron chi connectivity index (χ4n) is 10.7. The molecule has 0 amide bonds. The number of furan rings is 2. The predicted octanol–water partition coefficient (Wildman–Crippen LogP) is 15.2. The molecule has 294 valence electrons. The summed E-state index contributed by atoms with van der Waals surface area (Å²) in [6.45, 7) is 0. The minimum Gasteiger partial charge on any atom is -0.455 e. The second-order valence-corrected chi connectivity index (χ2v) is 16.9. The van der Waals surface area contributed by atoms with Crippen molar-refractivity contribution in [1.29, 1.82) is 0 Å².